The first-order valence-corrected chi connectivity index (χ1v) is 8.55. The Balaban J connectivity index is 1.77. The monoisotopic (exact) mass is 335 g/mol. The molecule has 0 amide bonds. The van der Waals surface area contributed by atoms with Gasteiger partial charge in [0.2, 0.25) is 0 Å². The first-order valence-electron chi connectivity index (χ1n) is 7.56. The van der Waals surface area contributed by atoms with E-state index in [1.54, 1.807) is 30.1 Å². The summed E-state index contributed by atoms with van der Waals surface area (Å²) in [6, 6.07) is 8.51. The molecule has 5 nitrogen and oxygen atoms in total. The minimum atomic E-state index is -0.204. The van der Waals surface area contributed by atoms with Crippen LogP contribution in [0.1, 0.15) is 12.6 Å². The molecule has 0 saturated heterocycles. The summed E-state index contributed by atoms with van der Waals surface area (Å²) in [5.41, 5.74) is 1.06. The molecular weight excluding hydrogens is 313 g/mol. The molecule has 23 heavy (non-hydrogen) atoms. The molecule has 1 heterocycles. The highest BCUT2D eigenvalue weighted by atomic mass is 32.2. The van der Waals surface area contributed by atoms with Crippen molar-refractivity contribution < 1.29 is 4.39 Å². The van der Waals surface area contributed by atoms with Crippen molar-refractivity contribution in [3.8, 4) is 0 Å². The molecule has 0 atom stereocenters. The summed E-state index contributed by atoms with van der Waals surface area (Å²) in [6.45, 7) is 4.20. The SMILES string of the molecule is CCNC(=NCc1ccnn1C)NCCSc1ccc(F)cc1. The lowest BCUT2D eigenvalue weighted by Crippen LogP contribution is -2.38. The van der Waals surface area contributed by atoms with E-state index in [4.69, 9.17) is 0 Å². The molecule has 0 bridgehead atoms. The number of nitrogens with one attached hydrogen (secondary N) is 2. The molecule has 0 unspecified atom stereocenters. The fourth-order valence-corrected chi connectivity index (χ4v) is 2.70. The van der Waals surface area contributed by atoms with Crippen molar-refractivity contribution in [2.75, 3.05) is 18.8 Å². The summed E-state index contributed by atoms with van der Waals surface area (Å²) in [5, 5.41) is 10.7. The van der Waals surface area contributed by atoms with E-state index >= 15 is 0 Å². The molecular formula is C16H22FN5S. The van der Waals surface area contributed by atoms with Crippen LogP contribution in [0.2, 0.25) is 0 Å². The van der Waals surface area contributed by atoms with Gasteiger partial charge in [0.1, 0.15) is 5.82 Å². The molecule has 1 aromatic carbocycles. The fraction of sp³-hybridized carbons (Fsp3) is 0.375. The van der Waals surface area contributed by atoms with E-state index in [9.17, 15) is 4.39 Å². The van der Waals surface area contributed by atoms with E-state index in [2.05, 4.69) is 20.7 Å². The first kappa shape index (κ1) is 17.3. The Morgan fingerprint density at radius 3 is 2.70 bits per heavy atom. The van der Waals surface area contributed by atoms with Crippen molar-refractivity contribution in [1.82, 2.24) is 20.4 Å². The van der Waals surface area contributed by atoms with Crippen molar-refractivity contribution in [3.05, 3.63) is 48.0 Å². The number of rotatable bonds is 7. The van der Waals surface area contributed by atoms with Crippen LogP contribution >= 0.6 is 11.8 Å². The maximum absolute atomic E-state index is 12.8. The maximum Gasteiger partial charge on any atom is 0.191 e. The van der Waals surface area contributed by atoms with E-state index in [0.717, 1.165) is 35.4 Å². The lowest BCUT2D eigenvalue weighted by atomic mass is 10.4. The minimum absolute atomic E-state index is 0.204. The summed E-state index contributed by atoms with van der Waals surface area (Å²) in [7, 11) is 1.91. The van der Waals surface area contributed by atoms with Gasteiger partial charge in [-0.15, -0.1) is 11.8 Å². The van der Waals surface area contributed by atoms with Crippen molar-refractivity contribution in [1.29, 1.82) is 0 Å². The third-order valence-corrected chi connectivity index (χ3v) is 4.16. The van der Waals surface area contributed by atoms with E-state index in [-0.39, 0.29) is 5.82 Å². The molecule has 1 aromatic heterocycles. The standard InChI is InChI=1S/C16H22FN5S/c1-3-18-16(20-12-14-8-9-21-22(14)2)19-10-11-23-15-6-4-13(17)5-7-15/h4-9H,3,10-12H2,1-2H3,(H2,18,19,20). The summed E-state index contributed by atoms with van der Waals surface area (Å²) >= 11 is 1.68. The summed E-state index contributed by atoms with van der Waals surface area (Å²) in [6.07, 6.45) is 1.77. The Morgan fingerprint density at radius 2 is 2.04 bits per heavy atom. The number of aliphatic imine (C=N–C) groups is 1. The highest BCUT2D eigenvalue weighted by Gasteiger charge is 2.01. The molecule has 2 rings (SSSR count). The van der Waals surface area contributed by atoms with Crippen LogP contribution in [0.4, 0.5) is 4.39 Å². The van der Waals surface area contributed by atoms with Crippen LogP contribution in [0, 0.1) is 5.82 Å². The maximum atomic E-state index is 12.8. The number of hydrogen-bond donors (Lipinski definition) is 2. The van der Waals surface area contributed by atoms with Crippen molar-refractivity contribution in [3.63, 3.8) is 0 Å². The highest BCUT2D eigenvalue weighted by molar-refractivity contribution is 7.99. The quantitative estimate of drug-likeness (QED) is 0.353. The number of hydrogen-bond acceptors (Lipinski definition) is 3. The predicted octanol–water partition coefficient (Wildman–Crippen LogP) is 2.41. The van der Waals surface area contributed by atoms with Gasteiger partial charge in [-0.1, -0.05) is 0 Å². The molecule has 2 N–H and O–H groups in total. The first-order chi connectivity index (χ1) is 11.2. The Hall–Kier alpha value is -2.02. The van der Waals surface area contributed by atoms with Crippen LogP contribution in [0.3, 0.4) is 0 Å². The molecule has 0 radical (unpaired) electrons. The van der Waals surface area contributed by atoms with E-state index in [0.29, 0.717) is 6.54 Å². The number of nitrogens with zero attached hydrogens (tertiary/aromatic N) is 3. The van der Waals surface area contributed by atoms with Crippen molar-refractivity contribution in [2.24, 2.45) is 12.0 Å². The minimum Gasteiger partial charge on any atom is -0.357 e. The van der Waals surface area contributed by atoms with Crippen LogP contribution in [0.15, 0.2) is 46.4 Å². The van der Waals surface area contributed by atoms with Gasteiger partial charge in [-0.25, -0.2) is 9.38 Å². The van der Waals surface area contributed by atoms with Gasteiger partial charge in [0.05, 0.1) is 12.2 Å². The molecule has 0 aliphatic heterocycles. The zero-order valence-electron chi connectivity index (χ0n) is 13.4. The number of thioether (sulfide) groups is 1. The van der Waals surface area contributed by atoms with Crippen LogP contribution < -0.4 is 10.6 Å². The normalized spacial score (nSPS) is 11.5. The molecule has 2 aromatic rings. The Kier molecular flexibility index (Phi) is 6.93. The smallest absolute Gasteiger partial charge is 0.191 e. The lowest BCUT2D eigenvalue weighted by Gasteiger charge is -2.11. The second kappa shape index (κ2) is 9.19. The second-order valence-corrected chi connectivity index (χ2v) is 6.04. The average Bonchev–Trinajstić information content (AvgIpc) is 2.96. The van der Waals surface area contributed by atoms with E-state index in [1.807, 2.05) is 24.7 Å². The zero-order chi connectivity index (χ0) is 16.5. The zero-order valence-corrected chi connectivity index (χ0v) is 14.2. The number of aromatic nitrogens is 2. The molecule has 0 fully saturated rings. The van der Waals surface area contributed by atoms with Crippen LogP contribution in [-0.4, -0.2) is 34.6 Å². The van der Waals surface area contributed by atoms with Gasteiger partial charge >= 0.3 is 0 Å². The number of guanidine groups is 1. The predicted molar refractivity (Wildman–Crippen MR) is 93.2 cm³/mol. The van der Waals surface area contributed by atoms with Crippen molar-refractivity contribution in [2.45, 2.75) is 18.4 Å². The van der Waals surface area contributed by atoms with Gasteiger partial charge in [-0.2, -0.15) is 5.10 Å². The van der Waals surface area contributed by atoms with Crippen LogP contribution in [0.5, 0.6) is 0 Å². The van der Waals surface area contributed by atoms with Gasteiger partial charge in [-0.3, -0.25) is 4.68 Å². The van der Waals surface area contributed by atoms with Gasteiger partial charge < -0.3 is 10.6 Å². The molecule has 0 spiro atoms. The van der Waals surface area contributed by atoms with Crippen LogP contribution in [-0.2, 0) is 13.6 Å². The Morgan fingerprint density at radius 1 is 1.26 bits per heavy atom. The largest absolute Gasteiger partial charge is 0.357 e. The van der Waals surface area contributed by atoms with Gasteiger partial charge in [0.15, 0.2) is 5.96 Å². The van der Waals surface area contributed by atoms with Gasteiger partial charge in [-0.05, 0) is 37.3 Å². The molecule has 0 aliphatic carbocycles. The van der Waals surface area contributed by atoms with Crippen LogP contribution in [0.25, 0.3) is 0 Å². The number of benzene rings is 1. The lowest BCUT2D eigenvalue weighted by molar-refractivity contribution is 0.626. The third kappa shape index (κ3) is 5.94. The highest BCUT2D eigenvalue weighted by Crippen LogP contribution is 2.17. The molecule has 7 heteroatoms. The number of halogens is 1. The molecule has 124 valence electrons. The fourth-order valence-electron chi connectivity index (χ4n) is 1.93. The van der Waals surface area contributed by atoms with E-state index in [1.165, 1.54) is 12.1 Å². The Bertz CT molecular complexity index is 624. The van der Waals surface area contributed by atoms with Crippen molar-refractivity contribution >= 4 is 17.7 Å². The summed E-state index contributed by atoms with van der Waals surface area (Å²) in [5.74, 6) is 1.46. The topological polar surface area (TPSA) is 54.2 Å². The molecule has 0 aliphatic rings. The average molecular weight is 335 g/mol. The summed E-state index contributed by atoms with van der Waals surface area (Å²) in [4.78, 5) is 5.61. The van der Waals surface area contributed by atoms with Gasteiger partial charge in [0.25, 0.3) is 0 Å². The Labute approximate surface area is 140 Å². The number of aryl methyl sites for hydroxylation is 1. The third-order valence-electron chi connectivity index (χ3n) is 3.14. The second-order valence-electron chi connectivity index (χ2n) is 4.87. The summed E-state index contributed by atoms with van der Waals surface area (Å²) < 4.78 is 14.7. The van der Waals surface area contributed by atoms with E-state index < -0.39 is 0 Å². The molecule has 0 saturated carbocycles. The van der Waals surface area contributed by atoms with Gasteiger partial charge in [0, 0.05) is 37.0 Å².